The van der Waals surface area contributed by atoms with Crippen molar-refractivity contribution in [1.29, 1.82) is 0 Å². The minimum atomic E-state index is -3.41. The van der Waals surface area contributed by atoms with E-state index < -0.39 is 10.0 Å². The van der Waals surface area contributed by atoms with E-state index in [0.29, 0.717) is 18.0 Å². The predicted octanol–water partition coefficient (Wildman–Crippen LogP) is 1.23. The first-order valence-electron chi connectivity index (χ1n) is 7.62. The summed E-state index contributed by atoms with van der Waals surface area (Å²) in [6.45, 7) is 2.57. The average Bonchev–Trinajstić information content (AvgIpc) is 3.14. The SMILES string of the molecule is O=S(=O)(c1ccc2c(c1)CNC2)N1CCOC2CCCC21. The molecule has 6 heteroatoms. The third-order valence-electron chi connectivity index (χ3n) is 4.85. The smallest absolute Gasteiger partial charge is 0.243 e. The van der Waals surface area contributed by atoms with Gasteiger partial charge in [0.05, 0.1) is 23.6 Å². The van der Waals surface area contributed by atoms with Crippen LogP contribution in [0.4, 0.5) is 0 Å². The molecule has 1 aliphatic carbocycles. The molecule has 1 aromatic carbocycles. The summed E-state index contributed by atoms with van der Waals surface area (Å²) in [5, 5.41) is 3.25. The zero-order valence-corrected chi connectivity index (χ0v) is 12.7. The molecule has 2 atom stereocenters. The number of hydrogen-bond donors (Lipinski definition) is 1. The number of fused-ring (bicyclic) bond motifs is 2. The lowest BCUT2D eigenvalue weighted by Crippen LogP contribution is -2.51. The first-order valence-corrected chi connectivity index (χ1v) is 9.06. The number of rotatable bonds is 2. The van der Waals surface area contributed by atoms with Crippen LogP contribution in [-0.2, 0) is 27.8 Å². The summed E-state index contributed by atoms with van der Waals surface area (Å²) in [5.41, 5.74) is 2.31. The first-order chi connectivity index (χ1) is 10.2. The molecule has 3 aliphatic rings. The number of nitrogens with zero attached hydrogens (tertiary/aromatic N) is 1. The summed E-state index contributed by atoms with van der Waals surface area (Å²) in [7, 11) is -3.41. The summed E-state index contributed by atoms with van der Waals surface area (Å²) < 4.78 is 33.4. The maximum atomic E-state index is 13.0. The molecule has 0 spiro atoms. The number of ether oxygens (including phenoxy) is 1. The van der Waals surface area contributed by atoms with E-state index in [1.54, 1.807) is 10.4 Å². The number of sulfonamides is 1. The van der Waals surface area contributed by atoms with Crippen molar-refractivity contribution < 1.29 is 13.2 Å². The van der Waals surface area contributed by atoms with Gasteiger partial charge in [0.15, 0.2) is 0 Å². The van der Waals surface area contributed by atoms with Gasteiger partial charge in [-0.3, -0.25) is 0 Å². The molecule has 1 saturated heterocycles. The molecule has 0 aromatic heterocycles. The second-order valence-electron chi connectivity index (χ2n) is 6.06. The highest BCUT2D eigenvalue weighted by Gasteiger charge is 2.42. The quantitative estimate of drug-likeness (QED) is 0.893. The number of hydrogen-bond acceptors (Lipinski definition) is 4. The van der Waals surface area contributed by atoms with Crippen LogP contribution in [0.25, 0.3) is 0 Å². The Morgan fingerprint density at radius 1 is 1.19 bits per heavy atom. The van der Waals surface area contributed by atoms with Crippen LogP contribution in [0.2, 0.25) is 0 Å². The lowest BCUT2D eigenvalue weighted by Gasteiger charge is -2.36. The predicted molar refractivity (Wildman–Crippen MR) is 78.3 cm³/mol. The zero-order valence-electron chi connectivity index (χ0n) is 11.9. The van der Waals surface area contributed by atoms with E-state index in [4.69, 9.17) is 4.74 Å². The van der Waals surface area contributed by atoms with E-state index in [2.05, 4.69) is 5.32 Å². The van der Waals surface area contributed by atoms with Gasteiger partial charge in [-0.15, -0.1) is 0 Å². The van der Waals surface area contributed by atoms with Crippen LogP contribution in [0.15, 0.2) is 23.1 Å². The molecular formula is C15H20N2O3S. The molecule has 1 aromatic rings. The normalized spacial score (nSPS) is 29.3. The van der Waals surface area contributed by atoms with Crippen LogP contribution < -0.4 is 5.32 Å². The summed E-state index contributed by atoms with van der Waals surface area (Å²) >= 11 is 0. The molecule has 21 heavy (non-hydrogen) atoms. The molecule has 5 nitrogen and oxygen atoms in total. The molecule has 0 radical (unpaired) electrons. The Morgan fingerprint density at radius 2 is 2.05 bits per heavy atom. The van der Waals surface area contributed by atoms with Crippen molar-refractivity contribution in [3.05, 3.63) is 29.3 Å². The van der Waals surface area contributed by atoms with Gasteiger partial charge in [-0.25, -0.2) is 8.42 Å². The molecule has 2 aliphatic heterocycles. The van der Waals surface area contributed by atoms with Gasteiger partial charge in [0, 0.05) is 19.6 Å². The fraction of sp³-hybridized carbons (Fsp3) is 0.600. The zero-order chi connectivity index (χ0) is 14.4. The summed E-state index contributed by atoms with van der Waals surface area (Å²) in [6.07, 6.45) is 3.03. The lowest BCUT2D eigenvalue weighted by molar-refractivity contribution is -0.0241. The van der Waals surface area contributed by atoms with Crippen molar-refractivity contribution in [2.45, 2.75) is 49.4 Å². The Bertz CT molecular complexity index is 659. The third kappa shape index (κ3) is 2.21. The summed E-state index contributed by atoms with van der Waals surface area (Å²) in [5.74, 6) is 0. The third-order valence-corrected chi connectivity index (χ3v) is 6.77. The maximum Gasteiger partial charge on any atom is 0.243 e. The standard InChI is InChI=1S/C15H20N2O3S/c18-21(19,13-5-4-11-9-16-10-12(11)8-13)17-6-7-20-15-3-1-2-14(15)17/h4-5,8,14-16H,1-3,6-7,9-10H2. The molecule has 114 valence electrons. The molecule has 1 saturated carbocycles. The van der Waals surface area contributed by atoms with Crippen molar-refractivity contribution >= 4 is 10.0 Å². The van der Waals surface area contributed by atoms with Crippen LogP contribution in [-0.4, -0.2) is 38.0 Å². The van der Waals surface area contributed by atoms with Gasteiger partial charge in [-0.2, -0.15) is 4.31 Å². The molecule has 4 rings (SSSR count). The molecule has 2 heterocycles. The van der Waals surface area contributed by atoms with Gasteiger partial charge in [-0.05, 0) is 42.5 Å². The molecule has 0 amide bonds. The van der Waals surface area contributed by atoms with Gasteiger partial charge < -0.3 is 10.1 Å². The summed E-state index contributed by atoms with van der Waals surface area (Å²) in [6, 6.07) is 5.55. The average molecular weight is 308 g/mol. The van der Waals surface area contributed by atoms with Gasteiger partial charge in [-0.1, -0.05) is 6.07 Å². The topological polar surface area (TPSA) is 58.6 Å². The Balaban J connectivity index is 1.69. The van der Waals surface area contributed by atoms with E-state index in [-0.39, 0.29) is 12.1 Å². The van der Waals surface area contributed by atoms with Gasteiger partial charge in [0.25, 0.3) is 0 Å². The fourth-order valence-corrected chi connectivity index (χ4v) is 5.47. The van der Waals surface area contributed by atoms with E-state index in [0.717, 1.165) is 37.9 Å². The molecule has 0 bridgehead atoms. The Kier molecular flexibility index (Phi) is 3.29. The Hall–Kier alpha value is -0.950. The largest absolute Gasteiger partial charge is 0.375 e. The van der Waals surface area contributed by atoms with Crippen LogP contribution in [0.1, 0.15) is 30.4 Å². The highest BCUT2D eigenvalue weighted by Crippen LogP contribution is 2.34. The fourth-order valence-electron chi connectivity index (χ4n) is 3.76. The Labute approximate surface area is 125 Å². The van der Waals surface area contributed by atoms with E-state index in [9.17, 15) is 8.42 Å². The summed E-state index contributed by atoms with van der Waals surface area (Å²) in [4.78, 5) is 0.428. The van der Waals surface area contributed by atoms with Crippen molar-refractivity contribution in [2.24, 2.45) is 0 Å². The van der Waals surface area contributed by atoms with Crippen LogP contribution >= 0.6 is 0 Å². The number of benzene rings is 1. The van der Waals surface area contributed by atoms with Crippen molar-refractivity contribution in [3.63, 3.8) is 0 Å². The molecule has 2 fully saturated rings. The van der Waals surface area contributed by atoms with E-state index in [1.165, 1.54) is 5.56 Å². The highest BCUT2D eigenvalue weighted by atomic mass is 32.2. The monoisotopic (exact) mass is 308 g/mol. The molecular weight excluding hydrogens is 288 g/mol. The number of morpholine rings is 1. The van der Waals surface area contributed by atoms with Crippen LogP contribution in [0.5, 0.6) is 0 Å². The van der Waals surface area contributed by atoms with Crippen LogP contribution in [0.3, 0.4) is 0 Å². The maximum absolute atomic E-state index is 13.0. The van der Waals surface area contributed by atoms with Gasteiger partial charge in [0.1, 0.15) is 0 Å². The second-order valence-corrected chi connectivity index (χ2v) is 7.95. The van der Waals surface area contributed by atoms with E-state index in [1.807, 2.05) is 12.1 Å². The Morgan fingerprint density at radius 3 is 2.95 bits per heavy atom. The molecule has 1 N–H and O–H groups in total. The van der Waals surface area contributed by atoms with Crippen LogP contribution in [0, 0.1) is 0 Å². The van der Waals surface area contributed by atoms with Gasteiger partial charge >= 0.3 is 0 Å². The number of nitrogens with one attached hydrogen (secondary N) is 1. The van der Waals surface area contributed by atoms with Gasteiger partial charge in [0.2, 0.25) is 10.0 Å². The molecule has 2 unspecified atom stereocenters. The highest BCUT2D eigenvalue weighted by molar-refractivity contribution is 7.89. The minimum absolute atomic E-state index is 0.0233. The minimum Gasteiger partial charge on any atom is -0.375 e. The van der Waals surface area contributed by atoms with Crippen molar-refractivity contribution in [1.82, 2.24) is 9.62 Å². The first kappa shape index (κ1) is 13.7. The second kappa shape index (κ2) is 5.05. The van der Waals surface area contributed by atoms with Crippen molar-refractivity contribution in [2.75, 3.05) is 13.2 Å². The lowest BCUT2D eigenvalue weighted by atomic mass is 10.1. The van der Waals surface area contributed by atoms with Crippen molar-refractivity contribution in [3.8, 4) is 0 Å². The van der Waals surface area contributed by atoms with E-state index >= 15 is 0 Å².